The van der Waals surface area contributed by atoms with Crippen molar-refractivity contribution in [3.63, 3.8) is 0 Å². The number of rotatable bonds is 3. The number of nitrogens with zero attached hydrogens (tertiary/aromatic N) is 3. The van der Waals surface area contributed by atoms with Crippen LogP contribution < -0.4 is 0 Å². The van der Waals surface area contributed by atoms with Crippen molar-refractivity contribution in [2.24, 2.45) is 0 Å². The number of hydrogen-bond acceptors (Lipinski definition) is 5. The lowest BCUT2D eigenvalue weighted by molar-refractivity contribution is -0.192. The minimum atomic E-state index is -5.08. The quantitative estimate of drug-likeness (QED) is 0.743. The molecule has 0 unspecified atom stereocenters. The second-order valence-electron chi connectivity index (χ2n) is 7.97. The van der Waals surface area contributed by atoms with Crippen LogP contribution in [0.3, 0.4) is 0 Å². The Morgan fingerprint density at radius 1 is 1.15 bits per heavy atom. The van der Waals surface area contributed by atoms with Crippen LogP contribution >= 0.6 is 0 Å². The number of carboxylic acids is 1. The van der Waals surface area contributed by atoms with E-state index in [1.54, 1.807) is 12.1 Å². The van der Waals surface area contributed by atoms with E-state index in [-0.39, 0.29) is 23.9 Å². The van der Waals surface area contributed by atoms with Gasteiger partial charge in [-0.2, -0.15) is 13.2 Å². The molecule has 0 radical (unpaired) electrons. The molecule has 2 aliphatic rings. The average Bonchev–Trinajstić information content (AvgIpc) is 3.36. The fourth-order valence-corrected chi connectivity index (χ4v) is 4.16. The molecule has 4 rings (SSSR count). The Bertz CT molecular complexity index is 1040. The van der Waals surface area contributed by atoms with Gasteiger partial charge >= 0.3 is 12.1 Å². The molecule has 1 N–H and O–H groups in total. The van der Waals surface area contributed by atoms with Gasteiger partial charge in [-0.05, 0) is 51.0 Å². The summed E-state index contributed by atoms with van der Waals surface area (Å²) in [5.74, 6) is -1.57. The minimum absolute atomic E-state index is 0.0513. The molecule has 2 aliphatic heterocycles. The smallest absolute Gasteiger partial charge is 0.475 e. The highest BCUT2D eigenvalue weighted by molar-refractivity contribution is 5.92. The van der Waals surface area contributed by atoms with E-state index in [1.807, 2.05) is 41.8 Å². The number of piperidine rings is 1. The van der Waals surface area contributed by atoms with Gasteiger partial charge in [0.25, 0.3) is 5.91 Å². The van der Waals surface area contributed by atoms with Gasteiger partial charge in [0.1, 0.15) is 5.76 Å². The third kappa shape index (κ3) is 5.71. The molecule has 2 aromatic heterocycles. The van der Waals surface area contributed by atoms with E-state index in [1.165, 1.54) is 0 Å². The molecule has 4 heterocycles. The van der Waals surface area contributed by atoms with Crippen LogP contribution in [0.4, 0.5) is 13.2 Å². The molecule has 8 nitrogen and oxygen atoms in total. The third-order valence-electron chi connectivity index (χ3n) is 5.62. The number of carbonyl (C=O) groups is 3. The predicted molar refractivity (Wildman–Crippen MR) is 109 cm³/mol. The van der Waals surface area contributed by atoms with Crippen LogP contribution in [0.15, 0.2) is 34.7 Å². The highest BCUT2D eigenvalue weighted by Crippen LogP contribution is 2.33. The van der Waals surface area contributed by atoms with E-state index in [4.69, 9.17) is 14.3 Å². The predicted octanol–water partition coefficient (Wildman–Crippen LogP) is 3.33. The Morgan fingerprint density at radius 2 is 1.85 bits per heavy atom. The second-order valence-corrected chi connectivity index (χ2v) is 7.97. The first-order valence-electron chi connectivity index (χ1n) is 10.4. The number of likely N-dealkylation sites (tertiary alicyclic amines) is 2. The van der Waals surface area contributed by atoms with E-state index in [0.717, 1.165) is 23.6 Å². The fourth-order valence-electron chi connectivity index (χ4n) is 4.16. The summed E-state index contributed by atoms with van der Waals surface area (Å²) in [5, 5.41) is 7.12. The zero-order valence-electron chi connectivity index (χ0n) is 18.1. The number of furan rings is 1. The number of carbonyl (C=O) groups excluding carboxylic acids is 2. The number of pyridine rings is 1. The van der Waals surface area contributed by atoms with Gasteiger partial charge in [0, 0.05) is 18.7 Å². The van der Waals surface area contributed by atoms with E-state index in [9.17, 15) is 22.8 Å². The van der Waals surface area contributed by atoms with Gasteiger partial charge in [-0.25, -0.2) is 4.79 Å². The molecule has 2 amide bonds. The van der Waals surface area contributed by atoms with Crippen molar-refractivity contribution >= 4 is 17.8 Å². The molecule has 0 aromatic carbocycles. The Hall–Kier alpha value is -3.37. The third-order valence-corrected chi connectivity index (χ3v) is 5.62. The van der Waals surface area contributed by atoms with Crippen LogP contribution in [0.25, 0.3) is 0 Å². The van der Waals surface area contributed by atoms with E-state index >= 15 is 0 Å². The molecule has 33 heavy (non-hydrogen) atoms. The number of aryl methyl sites for hydroxylation is 2. The van der Waals surface area contributed by atoms with Gasteiger partial charge in [0.15, 0.2) is 5.76 Å². The van der Waals surface area contributed by atoms with Crippen molar-refractivity contribution in [3.8, 4) is 0 Å². The van der Waals surface area contributed by atoms with Crippen LogP contribution in [-0.2, 0) is 16.1 Å². The number of amides is 2. The van der Waals surface area contributed by atoms with Crippen LogP contribution in [0.2, 0.25) is 0 Å². The highest BCUT2D eigenvalue weighted by Gasteiger charge is 2.45. The summed E-state index contributed by atoms with van der Waals surface area (Å²) < 4.78 is 37.2. The number of aliphatic carboxylic acids is 1. The number of aromatic nitrogens is 1. The number of fused-ring (bicyclic) bond motifs is 1. The number of hydrogen-bond donors (Lipinski definition) is 1. The van der Waals surface area contributed by atoms with Crippen LogP contribution in [-0.4, -0.2) is 62.5 Å². The zero-order valence-corrected chi connectivity index (χ0v) is 18.1. The molecule has 2 aromatic rings. The highest BCUT2D eigenvalue weighted by atomic mass is 19.4. The Morgan fingerprint density at radius 3 is 2.42 bits per heavy atom. The van der Waals surface area contributed by atoms with Crippen molar-refractivity contribution in [3.05, 3.63) is 53.2 Å². The first kappa shape index (κ1) is 24.3. The second kappa shape index (κ2) is 9.63. The van der Waals surface area contributed by atoms with Crippen molar-refractivity contribution in [1.82, 2.24) is 14.8 Å². The Balaban J connectivity index is 0.000000383. The first-order chi connectivity index (χ1) is 15.5. The molecule has 178 valence electrons. The lowest BCUT2D eigenvalue weighted by atomic mass is 9.96. The zero-order chi connectivity index (χ0) is 24.3. The molecule has 0 aliphatic carbocycles. The molecule has 2 saturated heterocycles. The van der Waals surface area contributed by atoms with Gasteiger partial charge in [0.2, 0.25) is 5.91 Å². The maximum atomic E-state index is 12.8. The fraction of sp³-hybridized carbons (Fsp3) is 0.455. The molecule has 2 fully saturated rings. The van der Waals surface area contributed by atoms with Gasteiger partial charge < -0.3 is 19.3 Å². The SMILES string of the molecule is Cc1cccc(CN2C(=O)CC[C@@H]3[C@H]2CCN3C(=O)c2ccc(C)o2)n1.O=C(O)C(F)(F)F. The Kier molecular flexibility index (Phi) is 7.09. The van der Waals surface area contributed by atoms with Crippen molar-refractivity contribution < 1.29 is 37.1 Å². The summed E-state index contributed by atoms with van der Waals surface area (Å²) in [5.41, 5.74) is 1.84. The first-order valence-corrected chi connectivity index (χ1v) is 10.4. The minimum Gasteiger partial charge on any atom is -0.475 e. The van der Waals surface area contributed by atoms with E-state index < -0.39 is 12.1 Å². The van der Waals surface area contributed by atoms with Crippen LogP contribution in [0.5, 0.6) is 0 Å². The molecule has 0 spiro atoms. The van der Waals surface area contributed by atoms with Crippen molar-refractivity contribution in [1.29, 1.82) is 0 Å². The van der Waals surface area contributed by atoms with Gasteiger partial charge in [-0.1, -0.05) is 6.07 Å². The molecule has 0 saturated carbocycles. The summed E-state index contributed by atoms with van der Waals surface area (Å²) in [4.78, 5) is 42.6. The molecule has 2 atom stereocenters. The number of alkyl halides is 3. The van der Waals surface area contributed by atoms with Crippen molar-refractivity contribution in [2.75, 3.05) is 6.54 Å². The standard InChI is InChI=1S/C20H23N3O3.C2HF3O2/c1-13-4-3-5-15(21-13)12-23-17-10-11-22(16(17)7-9-19(23)24)20(25)18-8-6-14(2)26-18;3-2(4,5)1(6)7/h3-6,8,16-17H,7,9-12H2,1-2H3;(H,6,7)/t16-,17-;/m1./s1. The number of halogens is 3. The van der Waals surface area contributed by atoms with Crippen molar-refractivity contribution in [2.45, 2.75) is 57.9 Å². The summed E-state index contributed by atoms with van der Waals surface area (Å²) in [6, 6.07) is 9.51. The van der Waals surface area contributed by atoms with Crippen LogP contribution in [0.1, 0.15) is 47.0 Å². The average molecular weight is 467 g/mol. The largest absolute Gasteiger partial charge is 0.490 e. The Labute approximate surface area is 188 Å². The molecule has 11 heteroatoms. The monoisotopic (exact) mass is 467 g/mol. The maximum Gasteiger partial charge on any atom is 0.490 e. The summed E-state index contributed by atoms with van der Waals surface area (Å²) in [6.45, 7) is 4.94. The lowest BCUT2D eigenvalue weighted by Gasteiger charge is -2.39. The number of carboxylic acid groups (broad SMARTS) is 1. The van der Waals surface area contributed by atoms with Gasteiger partial charge in [-0.15, -0.1) is 0 Å². The van der Waals surface area contributed by atoms with E-state index in [0.29, 0.717) is 31.7 Å². The topological polar surface area (TPSA) is 104 Å². The summed E-state index contributed by atoms with van der Waals surface area (Å²) >= 11 is 0. The lowest BCUT2D eigenvalue weighted by Crippen LogP contribution is -2.52. The van der Waals surface area contributed by atoms with Gasteiger partial charge in [0.05, 0.1) is 24.3 Å². The molecular weight excluding hydrogens is 443 g/mol. The normalized spacial score (nSPS) is 20.2. The maximum absolute atomic E-state index is 12.8. The summed E-state index contributed by atoms with van der Waals surface area (Å²) in [6.07, 6.45) is -3.10. The van der Waals surface area contributed by atoms with E-state index in [2.05, 4.69) is 4.98 Å². The van der Waals surface area contributed by atoms with Crippen LogP contribution in [0, 0.1) is 13.8 Å². The van der Waals surface area contributed by atoms with Gasteiger partial charge in [-0.3, -0.25) is 14.6 Å². The molecular formula is C22H24F3N3O5. The summed E-state index contributed by atoms with van der Waals surface area (Å²) in [7, 11) is 0. The molecule has 0 bridgehead atoms.